The number of hydrogen-bond acceptors (Lipinski definition) is 3. The van der Waals surface area contributed by atoms with E-state index in [-0.39, 0.29) is 6.04 Å². The SMILES string of the molecule is C[C@@H](NCc1cnnn1C)c1cccc(Cl)c1. The number of nitrogens with one attached hydrogen (secondary N) is 1. The van der Waals surface area contributed by atoms with Gasteiger partial charge in [0.1, 0.15) is 0 Å². The first-order valence-corrected chi connectivity index (χ1v) is 5.87. The van der Waals surface area contributed by atoms with Gasteiger partial charge in [0.05, 0.1) is 11.9 Å². The fraction of sp³-hybridized carbons (Fsp3) is 0.333. The largest absolute Gasteiger partial charge is 0.305 e. The predicted molar refractivity (Wildman–Crippen MR) is 67.7 cm³/mol. The lowest BCUT2D eigenvalue weighted by Crippen LogP contribution is -2.19. The van der Waals surface area contributed by atoms with E-state index in [2.05, 4.69) is 28.6 Å². The fourth-order valence-electron chi connectivity index (χ4n) is 1.62. The number of aromatic nitrogens is 3. The molecule has 0 saturated carbocycles. The molecule has 1 atom stereocenters. The second-order valence-electron chi connectivity index (χ2n) is 4.01. The van der Waals surface area contributed by atoms with Crippen molar-refractivity contribution in [3.63, 3.8) is 0 Å². The summed E-state index contributed by atoms with van der Waals surface area (Å²) in [5, 5.41) is 11.9. The van der Waals surface area contributed by atoms with E-state index in [1.807, 2.05) is 25.2 Å². The predicted octanol–water partition coefficient (Wildman–Crippen LogP) is 2.32. The smallest absolute Gasteiger partial charge is 0.0738 e. The van der Waals surface area contributed by atoms with Gasteiger partial charge in [0.15, 0.2) is 0 Å². The molecule has 0 fully saturated rings. The van der Waals surface area contributed by atoms with Crippen LogP contribution in [0.25, 0.3) is 0 Å². The molecule has 0 aliphatic rings. The normalized spacial score (nSPS) is 12.6. The summed E-state index contributed by atoms with van der Waals surface area (Å²) in [4.78, 5) is 0. The summed E-state index contributed by atoms with van der Waals surface area (Å²) < 4.78 is 1.76. The molecule has 0 amide bonds. The fourth-order valence-corrected chi connectivity index (χ4v) is 1.82. The van der Waals surface area contributed by atoms with E-state index in [1.54, 1.807) is 10.9 Å². The van der Waals surface area contributed by atoms with Crippen molar-refractivity contribution in [2.75, 3.05) is 0 Å². The Morgan fingerprint density at radius 2 is 2.29 bits per heavy atom. The van der Waals surface area contributed by atoms with Crippen LogP contribution in [0.15, 0.2) is 30.5 Å². The molecule has 1 aromatic heterocycles. The average Bonchev–Trinajstić information content (AvgIpc) is 2.72. The van der Waals surface area contributed by atoms with Crippen molar-refractivity contribution in [1.29, 1.82) is 0 Å². The van der Waals surface area contributed by atoms with Gasteiger partial charge in [0.2, 0.25) is 0 Å². The van der Waals surface area contributed by atoms with Gasteiger partial charge in [-0.2, -0.15) is 0 Å². The summed E-state index contributed by atoms with van der Waals surface area (Å²) in [6.07, 6.45) is 1.76. The third-order valence-electron chi connectivity index (χ3n) is 2.75. The molecule has 5 heteroatoms. The topological polar surface area (TPSA) is 42.7 Å². The van der Waals surface area contributed by atoms with E-state index in [9.17, 15) is 0 Å². The number of halogens is 1. The monoisotopic (exact) mass is 250 g/mol. The third kappa shape index (κ3) is 3.05. The molecule has 0 bridgehead atoms. The molecule has 0 unspecified atom stereocenters. The van der Waals surface area contributed by atoms with Crippen molar-refractivity contribution in [2.24, 2.45) is 7.05 Å². The van der Waals surface area contributed by atoms with Crippen molar-refractivity contribution in [1.82, 2.24) is 20.3 Å². The Hall–Kier alpha value is -1.39. The zero-order chi connectivity index (χ0) is 12.3. The first kappa shape index (κ1) is 12.1. The Morgan fingerprint density at radius 1 is 1.47 bits per heavy atom. The Balaban J connectivity index is 1.98. The number of aryl methyl sites for hydroxylation is 1. The molecule has 0 aliphatic carbocycles. The van der Waals surface area contributed by atoms with E-state index in [0.717, 1.165) is 17.3 Å². The first-order chi connectivity index (χ1) is 8.16. The highest BCUT2D eigenvalue weighted by Crippen LogP contribution is 2.17. The zero-order valence-corrected chi connectivity index (χ0v) is 10.6. The van der Waals surface area contributed by atoms with Crippen molar-refractivity contribution in [3.8, 4) is 0 Å². The van der Waals surface area contributed by atoms with Crippen LogP contribution in [0.1, 0.15) is 24.2 Å². The molecule has 1 heterocycles. The molecule has 0 spiro atoms. The Kier molecular flexibility index (Phi) is 3.76. The quantitative estimate of drug-likeness (QED) is 0.906. The van der Waals surface area contributed by atoms with Gasteiger partial charge >= 0.3 is 0 Å². The van der Waals surface area contributed by atoms with Gasteiger partial charge in [0, 0.05) is 24.7 Å². The Morgan fingerprint density at radius 3 is 2.94 bits per heavy atom. The summed E-state index contributed by atoms with van der Waals surface area (Å²) in [5.74, 6) is 0. The molecular weight excluding hydrogens is 236 g/mol. The maximum absolute atomic E-state index is 5.96. The van der Waals surface area contributed by atoms with Crippen LogP contribution in [0.4, 0.5) is 0 Å². The molecule has 0 aliphatic heterocycles. The number of benzene rings is 1. The van der Waals surface area contributed by atoms with E-state index in [0.29, 0.717) is 0 Å². The minimum Gasteiger partial charge on any atom is -0.305 e. The van der Waals surface area contributed by atoms with Crippen LogP contribution in [0.3, 0.4) is 0 Å². The van der Waals surface area contributed by atoms with Crippen molar-refractivity contribution in [3.05, 3.63) is 46.7 Å². The molecular formula is C12H15ClN4. The van der Waals surface area contributed by atoms with Gasteiger partial charge in [-0.05, 0) is 24.6 Å². The summed E-state index contributed by atoms with van der Waals surface area (Å²) in [6, 6.07) is 8.11. The summed E-state index contributed by atoms with van der Waals surface area (Å²) in [5.41, 5.74) is 2.23. The number of nitrogens with zero attached hydrogens (tertiary/aromatic N) is 3. The van der Waals surface area contributed by atoms with Crippen LogP contribution in [0.2, 0.25) is 5.02 Å². The molecule has 0 radical (unpaired) electrons. The van der Waals surface area contributed by atoms with Crippen molar-refractivity contribution >= 4 is 11.6 Å². The summed E-state index contributed by atoms with van der Waals surface area (Å²) >= 11 is 5.96. The Labute approximate surface area is 106 Å². The highest BCUT2D eigenvalue weighted by atomic mass is 35.5. The molecule has 17 heavy (non-hydrogen) atoms. The zero-order valence-electron chi connectivity index (χ0n) is 9.89. The van der Waals surface area contributed by atoms with Gasteiger partial charge in [-0.3, -0.25) is 4.68 Å². The van der Waals surface area contributed by atoms with Crippen LogP contribution in [-0.2, 0) is 13.6 Å². The molecule has 0 saturated heterocycles. The lowest BCUT2D eigenvalue weighted by molar-refractivity contribution is 0.546. The number of hydrogen-bond donors (Lipinski definition) is 1. The summed E-state index contributed by atoms with van der Waals surface area (Å²) in [6.45, 7) is 2.84. The maximum atomic E-state index is 5.96. The molecule has 2 rings (SSSR count). The van der Waals surface area contributed by atoms with E-state index in [4.69, 9.17) is 11.6 Å². The van der Waals surface area contributed by atoms with E-state index < -0.39 is 0 Å². The van der Waals surface area contributed by atoms with Crippen LogP contribution in [0, 0.1) is 0 Å². The molecule has 4 nitrogen and oxygen atoms in total. The first-order valence-electron chi connectivity index (χ1n) is 5.49. The minimum absolute atomic E-state index is 0.239. The highest BCUT2D eigenvalue weighted by Gasteiger charge is 2.06. The van der Waals surface area contributed by atoms with Crippen LogP contribution >= 0.6 is 11.6 Å². The molecule has 90 valence electrons. The van der Waals surface area contributed by atoms with Gasteiger partial charge in [-0.25, -0.2) is 0 Å². The van der Waals surface area contributed by atoms with Crippen molar-refractivity contribution in [2.45, 2.75) is 19.5 Å². The van der Waals surface area contributed by atoms with Gasteiger partial charge in [-0.15, -0.1) is 5.10 Å². The second kappa shape index (κ2) is 5.29. The van der Waals surface area contributed by atoms with Crippen LogP contribution in [0.5, 0.6) is 0 Å². The van der Waals surface area contributed by atoms with E-state index >= 15 is 0 Å². The minimum atomic E-state index is 0.239. The van der Waals surface area contributed by atoms with Crippen LogP contribution in [-0.4, -0.2) is 15.0 Å². The van der Waals surface area contributed by atoms with Crippen molar-refractivity contribution < 1.29 is 0 Å². The standard InChI is InChI=1S/C12H15ClN4/c1-9(10-4-3-5-11(13)6-10)14-7-12-8-15-16-17(12)2/h3-6,8-9,14H,7H2,1-2H3/t9-/m1/s1. The molecule has 1 aromatic carbocycles. The maximum Gasteiger partial charge on any atom is 0.0738 e. The average molecular weight is 251 g/mol. The lowest BCUT2D eigenvalue weighted by Gasteiger charge is -2.14. The van der Waals surface area contributed by atoms with Crippen LogP contribution < -0.4 is 5.32 Å². The van der Waals surface area contributed by atoms with E-state index in [1.165, 1.54) is 5.56 Å². The van der Waals surface area contributed by atoms with Gasteiger partial charge < -0.3 is 5.32 Å². The third-order valence-corrected chi connectivity index (χ3v) is 2.98. The second-order valence-corrected chi connectivity index (χ2v) is 4.44. The molecule has 2 aromatic rings. The Bertz CT molecular complexity index is 495. The van der Waals surface area contributed by atoms with Gasteiger partial charge in [-0.1, -0.05) is 28.9 Å². The summed E-state index contributed by atoms with van der Waals surface area (Å²) in [7, 11) is 1.88. The van der Waals surface area contributed by atoms with Gasteiger partial charge in [0.25, 0.3) is 0 Å². The lowest BCUT2D eigenvalue weighted by atomic mass is 10.1. The number of rotatable bonds is 4. The highest BCUT2D eigenvalue weighted by molar-refractivity contribution is 6.30. The molecule has 1 N–H and O–H groups in total.